The summed E-state index contributed by atoms with van der Waals surface area (Å²) in [5.74, 6) is 0.461. The van der Waals surface area contributed by atoms with Gasteiger partial charge in [-0.1, -0.05) is 48.5 Å². The lowest BCUT2D eigenvalue weighted by Crippen LogP contribution is -2.30. The second kappa shape index (κ2) is 8.28. The van der Waals surface area contributed by atoms with E-state index in [9.17, 15) is 9.00 Å². The predicted molar refractivity (Wildman–Crippen MR) is 111 cm³/mol. The molecule has 0 radical (unpaired) electrons. The quantitative estimate of drug-likeness (QED) is 0.497. The highest BCUT2D eigenvalue weighted by atomic mass is 32.2. The van der Waals surface area contributed by atoms with Crippen LogP contribution >= 0.6 is 0 Å². The Morgan fingerprint density at radius 2 is 1.66 bits per heavy atom. The zero-order valence-corrected chi connectivity index (χ0v) is 16.6. The maximum atomic E-state index is 12.8. The van der Waals surface area contributed by atoms with Crippen LogP contribution in [0.3, 0.4) is 0 Å². The Kier molecular flexibility index (Phi) is 5.39. The molecule has 0 fully saturated rings. The first-order chi connectivity index (χ1) is 14.2. The van der Waals surface area contributed by atoms with Gasteiger partial charge in [0.05, 0.1) is 35.5 Å². The first-order valence-electron chi connectivity index (χ1n) is 9.01. The number of rotatable bonds is 5. The predicted octanol–water partition coefficient (Wildman–Crippen LogP) is 4.27. The van der Waals surface area contributed by atoms with Crippen LogP contribution in [0.25, 0.3) is 5.65 Å². The molecule has 2 heterocycles. The summed E-state index contributed by atoms with van der Waals surface area (Å²) in [6.07, 6.45) is 3.01. The molecule has 7 heteroatoms. The molecule has 0 saturated carbocycles. The largest absolute Gasteiger partial charge is 0.452 e. The van der Waals surface area contributed by atoms with Crippen molar-refractivity contribution in [2.75, 3.05) is 12.0 Å². The molecule has 0 aliphatic rings. The minimum Gasteiger partial charge on any atom is -0.452 e. The Hall–Kier alpha value is -3.45. The zero-order chi connectivity index (χ0) is 20.2. The molecule has 29 heavy (non-hydrogen) atoms. The number of fused-ring (bicyclic) bond motifs is 1. The van der Waals surface area contributed by atoms with Gasteiger partial charge < -0.3 is 9.14 Å². The van der Waals surface area contributed by atoms with Gasteiger partial charge in [-0.3, -0.25) is 4.90 Å². The second-order valence-corrected chi connectivity index (χ2v) is 7.83. The first-order valence-corrected chi connectivity index (χ1v) is 10.2. The summed E-state index contributed by atoms with van der Waals surface area (Å²) in [7, 11) is 0.0445. The van der Waals surface area contributed by atoms with Crippen LogP contribution in [-0.2, 0) is 22.1 Å². The number of carbonyl (C=O) groups is 1. The van der Waals surface area contributed by atoms with Gasteiger partial charge in [-0.05, 0) is 29.8 Å². The summed E-state index contributed by atoms with van der Waals surface area (Å²) >= 11 is 0. The second-order valence-electron chi connectivity index (χ2n) is 6.35. The van der Waals surface area contributed by atoms with Crippen LogP contribution in [0.15, 0.2) is 95.0 Å². The molecule has 0 bridgehead atoms. The van der Waals surface area contributed by atoms with E-state index in [1.807, 2.05) is 60.7 Å². The van der Waals surface area contributed by atoms with Gasteiger partial charge in [0.1, 0.15) is 5.65 Å². The van der Waals surface area contributed by atoms with E-state index in [0.717, 1.165) is 10.5 Å². The van der Waals surface area contributed by atoms with Crippen molar-refractivity contribution < 1.29 is 13.7 Å². The molecule has 4 aromatic rings. The number of carbonyl (C=O) groups excluding carboxylic acids is 1. The van der Waals surface area contributed by atoms with Crippen molar-refractivity contribution in [1.82, 2.24) is 9.38 Å². The molecule has 1 atom stereocenters. The van der Waals surface area contributed by atoms with Crippen LogP contribution < -0.4 is 4.90 Å². The van der Waals surface area contributed by atoms with E-state index in [4.69, 9.17) is 4.74 Å². The number of amides is 1. The summed E-state index contributed by atoms with van der Waals surface area (Å²) in [6, 6.07) is 22.5. The molecular formula is C22H19N3O3S. The molecule has 1 unspecified atom stereocenters. The molecule has 4 rings (SSSR count). The monoisotopic (exact) mass is 405 g/mol. The molecule has 0 N–H and O–H groups in total. The van der Waals surface area contributed by atoms with Gasteiger partial charge in [0.25, 0.3) is 0 Å². The lowest BCUT2D eigenvalue weighted by molar-refractivity contribution is 0.178. The number of benzene rings is 2. The molecule has 2 aromatic heterocycles. The lowest BCUT2D eigenvalue weighted by Gasteiger charge is -2.18. The van der Waals surface area contributed by atoms with Crippen LogP contribution in [0.5, 0.6) is 0 Å². The number of anilines is 1. The topological polar surface area (TPSA) is 63.9 Å². The van der Waals surface area contributed by atoms with Crippen molar-refractivity contribution in [3.05, 3.63) is 90.8 Å². The van der Waals surface area contributed by atoms with Crippen molar-refractivity contribution in [3.8, 4) is 0 Å². The van der Waals surface area contributed by atoms with Crippen LogP contribution in [0, 0.1) is 0 Å². The Labute approximate surface area is 170 Å². The molecule has 0 aliphatic heterocycles. The average Bonchev–Trinajstić information content (AvgIpc) is 3.20. The van der Waals surface area contributed by atoms with Crippen molar-refractivity contribution in [2.45, 2.75) is 16.3 Å². The number of imidazole rings is 1. The van der Waals surface area contributed by atoms with E-state index in [1.165, 1.54) is 12.0 Å². The van der Waals surface area contributed by atoms with Gasteiger partial charge in [0, 0.05) is 11.1 Å². The van der Waals surface area contributed by atoms with E-state index in [-0.39, 0.29) is 0 Å². The highest BCUT2D eigenvalue weighted by Crippen LogP contribution is 2.22. The van der Waals surface area contributed by atoms with Gasteiger partial charge in [-0.15, -0.1) is 0 Å². The fourth-order valence-corrected chi connectivity index (χ4v) is 4.07. The SMILES string of the molecule is COC(=O)N(Cc1ccccc1)c1cn2cc(S(=O)c3ccccc3)ccc2n1. The number of pyridine rings is 1. The molecule has 146 valence electrons. The van der Waals surface area contributed by atoms with Crippen LogP contribution in [-0.4, -0.2) is 26.8 Å². The van der Waals surface area contributed by atoms with E-state index in [0.29, 0.717) is 22.9 Å². The Morgan fingerprint density at radius 1 is 0.966 bits per heavy atom. The maximum absolute atomic E-state index is 12.8. The number of hydrogen-bond donors (Lipinski definition) is 0. The van der Waals surface area contributed by atoms with Crippen molar-refractivity contribution in [2.24, 2.45) is 0 Å². The Bertz CT molecular complexity index is 1160. The highest BCUT2D eigenvalue weighted by Gasteiger charge is 2.20. The van der Waals surface area contributed by atoms with E-state index in [1.54, 1.807) is 28.9 Å². The Morgan fingerprint density at radius 3 is 2.34 bits per heavy atom. The fourth-order valence-electron chi connectivity index (χ4n) is 2.99. The third-order valence-corrected chi connectivity index (χ3v) is 5.81. The Balaban J connectivity index is 1.68. The normalized spacial score (nSPS) is 11.9. The maximum Gasteiger partial charge on any atom is 0.415 e. The minimum atomic E-state index is -1.30. The lowest BCUT2D eigenvalue weighted by atomic mass is 10.2. The molecule has 2 aromatic carbocycles. The van der Waals surface area contributed by atoms with Crippen LogP contribution in [0.1, 0.15) is 5.56 Å². The first kappa shape index (κ1) is 18.9. The third kappa shape index (κ3) is 4.05. The van der Waals surface area contributed by atoms with Gasteiger partial charge in [0.2, 0.25) is 0 Å². The van der Waals surface area contributed by atoms with Crippen LogP contribution in [0.4, 0.5) is 10.6 Å². The summed E-state index contributed by atoms with van der Waals surface area (Å²) in [6.45, 7) is 0.334. The summed E-state index contributed by atoms with van der Waals surface area (Å²) in [5.41, 5.74) is 1.61. The molecule has 1 amide bonds. The zero-order valence-electron chi connectivity index (χ0n) is 15.8. The molecule has 0 spiro atoms. The van der Waals surface area contributed by atoms with Gasteiger partial charge >= 0.3 is 6.09 Å². The number of nitrogens with zero attached hydrogens (tertiary/aromatic N) is 3. The molecule has 0 aliphatic carbocycles. The van der Waals surface area contributed by atoms with E-state index < -0.39 is 16.9 Å². The number of hydrogen-bond acceptors (Lipinski definition) is 4. The van der Waals surface area contributed by atoms with Gasteiger partial charge in [-0.25, -0.2) is 14.0 Å². The van der Waals surface area contributed by atoms with Crippen molar-refractivity contribution in [1.29, 1.82) is 0 Å². The minimum absolute atomic E-state index is 0.334. The average molecular weight is 405 g/mol. The fraction of sp³-hybridized carbons (Fsp3) is 0.0909. The summed E-state index contributed by atoms with van der Waals surface area (Å²) in [5, 5.41) is 0. The van der Waals surface area contributed by atoms with Gasteiger partial charge in [0.15, 0.2) is 5.82 Å². The standard InChI is InChI=1S/C22H19N3O3S/c1-28-22(26)25(14-17-8-4-2-5-9-17)21-16-24-15-19(12-13-20(24)23-21)29(27)18-10-6-3-7-11-18/h2-13,15-16H,14H2,1H3. The van der Waals surface area contributed by atoms with Gasteiger partial charge in [-0.2, -0.15) is 0 Å². The molecule has 0 saturated heterocycles. The van der Waals surface area contributed by atoms with Crippen molar-refractivity contribution >= 4 is 28.4 Å². The third-order valence-electron chi connectivity index (χ3n) is 4.44. The van der Waals surface area contributed by atoms with Crippen molar-refractivity contribution in [3.63, 3.8) is 0 Å². The summed E-state index contributed by atoms with van der Waals surface area (Å²) < 4.78 is 19.5. The summed E-state index contributed by atoms with van der Waals surface area (Å²) in [4.78, 5) is 19.8. The number of methoxy groups -OCH3 is 1. The number of ether oxygens (including phenoxy) is 1. The van der Waals surface area contributed by atoms with Crippen LogP contribution in [0.2, 0.25) is 0 Å². The molecule has 6 nitrogen and oxygen atoms in total. The smallest absolute Gasteiger partial charge is 0.415 e. The van der Waals surface area contributed by atoms with E-state index >= 15 is 0 Å². The highest BCUT2D eigenvalue weighted by molar-refractivity contribution is 7.85. The number of aromatic nitrogens is 2. The molecular weight excluding hydrogens is 386 g/mol. The van der Waals surface area contributed by atoms with E-state index in [2.05, 4.69) is 4.98 Å².